The molecule has 102 valence electrons. The van der Waals surface area contributed by atoms with E-state index in [2.05, 4.69) is 29.5 Å². The summed E-state index contributed by atoms with van der Waals surface area (Å²) in [5.41, 5.74) is 0. The summed E-state index contributed by atoms with van der Waals surface area (Å²) < 4.78 is 1.98. The Hall–Kier alpha value is -1.36. The van der Waals surface area contributed by atoms with E-state index in [0.29, 0.717) is 13.0 Å². The number of imidazole rings is 1. The third-order valence-corrected chi connectivity index (χ3v) is 3.07. The third-order valence-electron chi connectivity index (χ3n) is 3.07. The molecule has 0 fully saturated rings. The molecule has 0 aromatic carbocycles. The van der Waals surface area contributed by atoms with Crippen LogP contribution in [0.4, 0.5) is 0 Å². The Morgan fingerprint density at radius 2 is 2.22 bits per heavy atom. The van der Waals surface area contributed by atoms with Crippen molar-refractivity contribution < 1.29 is 4.79 Å². The molecule has 0 aliphatic rings. The standard InChI is InChI=1S/C13H24N4O/c1-5-10(2)16-12(18)6-7-14-11(3)13-15-8-9-17(13)4/h8-11,14H,5-7H2,1-4H3,(H,16,18). The summed E-state index contributed by atoms with van der Waals surface area (Å²) in [6.07, 6.45) is 5.16. The van der Waals surface area contributed by atoms with Crippen molar-refractivity contribution in [3.63, 3.8) is 0 Å². The summed E-state index contributed by atoms with van der Waals surface area (Å²) in [7, 11) is 1.97. The minimum atomic E-state index is 0.101. The lowest BCUT2D eigenvalue weighted by atomic mass is 10.2. The number of carbonyl (C=O) groups excluding carboxylic acids is 1. The van der Waals surface area contributed by atoms with Crippen LogP contribution >= 0.6 is 0 Å². The largest absolute Gasteiger partial charge is 0.354 e. The Kier molecular flexibility index (Phi) is 5.85. The van der Waals surface area contributed by atoms with Gasteiger partial charge in [0.05, 0.1) is 6.04 Å². The Bertz CT molecular complexity index is 375. The highest BCUT2D eigenvalue weighted by molar-refractivity contribution is 5.76. The maximum atomic E-state index is 11.6. The summed E-state index contributed by atoms with van der Waals surface area (Å²) in [5, 5.41) is 6.25. The summed E-state index contributed by atoms with van der Waals surface area (Å²) in [6.45, 7) is 6.79. The fourth-order valence-electron chi connectivity index (χ4n) is 1.74. The first-order valence-electron chi connectivity index (χ1n) is 6.54. The molecule has 5 heteroatoms. The SMILES string of the molecule is CCC(C)NC(=O)CCNC(C)c1nccn1C. The van der Waals surface area contributed by atoms with Crippen LogP contribution in [0.15, 0.2) is 12.4 Å². The average molecular weight is 252 g/mol. The van der Waals surface area contributed by atoms with Gasteiger partial charge in [0, 0.05) is 38.4 Å². The molecule has 5 nitrogen and oxygen atoms in total. The van der Waals surface area contributed by atoms with Crippen LogP contribution in [-0.4, -0.2) is 28.0 Å². The van der Waals surface area contributed by atoms with E-state index in [-0.39, 0.29) is 18.0 Å². The van der Waals surface area contributed by atoms with Gasteiger partial charge in [-0.2, -0.15) is 0 Å². The highest BCUT2D eigenvalue weighted by Gasteiger charge is 2.10. The monoisotopic (exact) mass is 252 g/mol. The van der Waals surface area contributed by atoms with E-state index in [1.807, 2.05) is 24.7 Å². The molecule has 1 aromatic rings. The zero-order valence-electron chi connectivity index (χ0n) is 11.7. The first-order valence-corrected chi connectivity index (χ1v) is 6.54. The number of hydrogen-bond acceptors (Lipinski definition) is 3. The van der Waals surface area contributed by atoms with Gasteiger partial charge in [-0.1, -0.05) is 6.92 Å². The van der Waals surface area contributed by atoms with Crippen molar-refractivity contribution in [2.24, 2.45) is 7.05 Å². The highest BCUT2D eigenvalue weighted by atomic mass is 16.1. The molecule has 2 atom stereocenters. The van der Waals surface area contributed by atoms with Crippen LogP contribution < -0.4 is 10.6 Å². The minimum absolute atomic E-state index is 0.101. The van der Waals surface area contributed by atoms with Crippen molar-refractivity contribution in [3.05, 3.63) is 18.2 Å². The van der Waals surface area contributed by atoms with Crippen molar-refractivity contribution >= 4 is 5.91 Å². The van der Waals surface area contributed by atoms with Gasteiger partial charge in [-0.15, -0.1) is 0 Å². The number of nitrogens with one attached hydrogen (secondary N) is 2. The normalized spacial score (nSPS) is 14.2. The molecular weight excluding hydrogens is 228 g/mol. The van der Waals surface area contributed by atoms with E-state index in [9.17, 15) is 4.79 Å². The number of carbonyl (C=O) groups is 1. The van der Waals surface area contributed by atoms with Gasteiger partial charge < -0.3 is 15.2 Å². The van der Waals surface area contributed by atoms with Gasteiger partial charge in [-0.3, -0.25) is 4.79 Å². The van der Waals surface area contributed by atoms with Crippen molar-refractivity contribution in [2.75, 3.05) is 6.54 Å². The topological polar surface area (TPSA) is 59.0 Å². The smallest absolute Gasteiger partial charge is 0.221 e. The number of nitrogens with zero attached hydrogens (tertiary/aromatic N) is 2. The van der Waals surface area contributed by atoms with Crippen molar-refractivity contribution in [2.45, 2.75) is 45.7 Å². The Morgan fingerprint density at radius 1 is 1.50 bits per heavy atom. The van der Waals surface area contributed by atoms with Crippen LogP contribution in [0.5, 0.6) is 0 Å². The predicted molar refractivity (Wildman–Crippen MR) is 72.1 cm³/mol. The fourth-order valence-corrected chi connectivity index (χ4v) is 1.74. The summed E-state index contributed by atoms with van der Waals surface area (Å²) >= 11 is 0. The molecule has 2 unspecified atom stereocenters. The van der Waals surface area contributed by atoms with Gasteiger partial charge >= 0.3 is 0 Å². The third kappa shape index (κ3) is 4.49. The second kappa shape index (κ2) is 7.16. The molecule has 1 amide bonds. The summed E-state index contributed by atoms with van der Waals surface area (Å²) in [5.74, 6) is 1.08. The van der Waals surface area contributed by atoms with E-state index in [4.69, 9.17) is 0 Å². The molecule has 2 N–H and O–H groups in total. The number of aromatic nitrogens is 2. The molecule has 0 saturated carbocycles. The van der Waals surface area contributed by atoms with Crippen LogP contribution in [0.1, 0.15) is 45.5 Å². The lowest BCUT2D eigenvalue weighted by molar-refractivity contribution is -0.121. The molecule has 0 bridgehead atoms. The lowest BCUT2D eigenvalue weighted by Crippen LogP contribution is -2.34. The fraction of sp³-hybridized carbons (Fsp3) is 0.692. The van der Waals surface area contributed by atoms with Crippen LogP contribution in [0, 0.1) is 0 Å². The van der Waals surface area contributed by atoms with Crippen LogP contribution in [0.25, 0.3) is 0 Å². The number of rotatable bonds is 7. The first-order chi connectivity index (χ1) is 8.54. The Balaban J connectivity index is 2.26. The van der Waals surface area contributed by atoms with E-state index in [1.54, 1.807) is 6.20 Å². The highest BCUT2D eigenvalue weighted by Crippen LogP contribution is 2.07. The Morgan fingerprint density at radius 3 is 2.78 bits per heavy atom. The molecule has 0 saturated heterocycles. The second-order valence-corrected chi connectivity index (χ2v) is 4.70. The predicted octanol–water partition coefficient (Wildman–Crippen LogP) is 1.38. The zero-order chi connectivity index (χ0) is 13.5. The molecular formula is C13H24N4O. The number of amides is 1. The molecule has 1 heterocycles. The van der Waals surface area contributed by atoms with E-state index < -0.39 is 0 Å². The van der Waals surface area contributed by atoms with Crippen LogP contribution in [-0.2, 0) is 11.8 Å². The maximum absolute atomic E-state index is 11.6. The average Bonchev–Trinajstić information content (AvgIpc) is 2.75. The van der Waals surface area contributed by atoms with Crippen molar-refractivity contribution in [1.29, 1.82) is 0 Å². The number of hydrogen-bond donors (Lipinski definition) is 2. The molecule has 1 rings (SSSR count). The molecule has 1 aromatic heterocycles. The number of aryl methyl sites for hydroxylation is 1. The zero-order valence-corrected chi connectivity index (χ0v) is 11.7. The van der Waals surface area contributed by atoms with E-state index >= 15 is 0 Å². The van der Waals surface area contributed by atoms with Gasteiger partial charge in [0.2, 0.25) is 5.91 Å². The molecule has 0 radical (unpaired) electrons. The van der Waals surface area contributed by atoms with Crippen LogP contribution in [0.3, 0.4) is 0 Å². The quantitative estimate of drug-likeness (QED) is 0.770. The lowest BCUT2D eigenvalue weighted by Gasteiger charge is -2.15. The molecule has 0 aliphatic heterocycles. The first kappa shape index (κ1) is 14.7. The van der Waals surface area contributed by atoms with Gasteiger partial charge in [-0.05, 0) is 20.3 Å². The minimum Gasteiger partial charge on any atom is -0.354 e. The maximum Gasteiger partial charge on any atom is 0.221 e. The van der Waals surface area contributed by atoms with Crippen molar-refractivity contribution in [3.8, 4) is 0 Å². The van der Waals surface area contributed by atoms with Crippen LogP contribution in [0.2, 0.25) is 0 Å². The molecule has 18 heavy (non-hydrogen) atoms. The Labute approximate surface area is 109 Å². The van der Waals surface area contributed by atoms with Gasteiger partial charge in [0.1, 0.15) is 5.82 Å². The van der Waals surface area contributed by atoms with E-state index in [1.165, 1.54) is 0 Å². The van der Waals surface area contributed by atoms with Gasteiger partial charge in [0.25, 0.3) is 0 Å². The van der Waals surface area contributed by atoms with Gasteiger partial charge in [-0.25, -0.2) is 4.98 Å². The van der Waals surface area contributed by atoms with E-state index in [0.717, 1.165) is 12.2 Å². The molecule has 0 spiro atoms. The van der Waals surface area contributed by atoms with Gasteiger partial charge in [0.15, 0.2) is 0 Å². The van der Waals surface area contributed by atoms with Crippen molar-refractivity contribution in [1.82, 2.24) is 20.2 Å². The summed E-state index contributed by atoms with van der Waals surface area (Å²) in [4.78, 5) is 15.9. The molecule has 0 aliphatic carbocycles. The summed E-state index contributed by atoms with van der Waals surface area (Å²) in [6, 6.07) is 0.408. The second-order valence-electron chi connectivity index (χ2n) is 4.70.